The topological polar surface area (TPSA) is 88.7 Å². The Kier molecular flexibility index (Phi) is 7.74. The molecule has 1 aromatic carbocycles. The summed E-state index contributed by atoms with van der Waals surface area (Å²) in [4.78, 5) is 16.1. The molecule has 0 radical (unpaired) electrons. The number of benzene rings is 1. The number of nitrogens with two attached hydrogens (primary N) is 1. The highest BCUT2D eigenvalue weighted by Crippen LogP contribution is 2.22. The second-order valence-electron chi connectivity index (χ2n) is 7.07. The van der Waals surface area contributed by atoms with E-state index in [4.69, 9.17) is 10.5 Å². The Bertz CT molecular complexity index is 609. The van der Waals surface area contributed by atoms with E-state index in [-0.39, 0.29) is 12.0 Å². The molecule has 0 saturated carbocycles. The van der Waals surface area contributed by atoms with Crippen LogP contribution in [0.3, 0.4) is 0 Å². The molecule has 1 amide bonds. The number of carbonyl (C=O) groups is 1. The molecule has 0 spiro atoms. The zero-order valence-corrected chi connectivity index (χ0v) is 16.3. The first-order valence-electron chi connectivity index (χ1n) is 8.74. The lowest BCUT2D eigenvalue weighted by Crippen LogP contribution is -2.46. The summed E-state index contributed by atoms with van der Waals surface area (Å²) in [5.74, 6) is 1.15. The van der Waals surface area contributed by atoms with Crippen LogP contribution in [0, 0.1) is 12.3 Å². The van der Waals surface area contributed by atoms with E-state index >= 15 is 0 Å². The van der Waals surface area contributed by atoms with E-state index in [1.165, 1.54) is 0 Å². The van der Waals surface area contributed by atoms with Gasteiger partial charge < -0.3 is 21.1 Å². The molecule has 25 heavy (non-hydrogen) atoms. The number of nitrogens with zero attached hydrogens (tertiary/aromatic N) is 1. The molecule has 140 valence electrons. The molecule has 0 fully saturated rings. The molecule has 0 aliphatic heterocycles. The van der Waals surface area contributed by atoms with Gasteiger partial charge in [0.25, 0.3) is 0 Å². The van der Waals surface area contributed by atoms with Crippen LogP contribution >= 0.6 is 0 Å². The van der Waals surface area contributed by atoms with Crippen LogP contribution in [0.25, 0.3) is 0 Å². The van der Waals surface area contributed by atoms with Gasteiger partial charge in [-0.15, -0.1) is 0 Å². The fourth-order valence-corrected chi connectivity index (χ4v) is 2.05. The van der Waals surface area contributed by atoms with E-state index in [2.05, 4.69) is 21.7 Å². The molecule has 6 nitrogen and oxygen atoms in total. The molecule has 6 heteroatoms. The third-order valence-corrected chi connectivity index (χ3v) is 3.70. The number of guanidine groups is 1. The molecule has 1 aromatic rings. The van der Waals surface area contributed by atoms with Crippen molar-refractivity contribution in [1.29, 1.82) is 0 Å². The van der Waals surface area contributed by atoms with Gasteiger partial charge in [-0.2, -0.15) is 0 Å². The fraction of sp³-hybridized carbons (Fsp3) is 0.579. The number of ether oxygens (including phenoxy) is 1. The van der Waals surface area contributed by atoms with Gasteiger partial charge in [0.05, 0.1) is 18.1 Å². The first-order valence-corrected chi connectivity index (χ1v) is 8.74. The fourth-order valence-electron chi connectivity index (χ4n) is 2.05. The van der Waals surface area contributed by atoms with Crippen molar-refractivity contribution in [3.63, 3.8) is 0 Å². The van der Waals surface area contributed by atoms with Crippen LogP contribution in [0.4, 0.5) is 0 Å². The zero-order valence-electron chi connectivity index (χ0n) is 16.3. The molecule has 0 aliphatic carbocycles. The Morgan fingerprint density at radius 3 is 2.56 bits per heavy atom. The van der Waals surface area contributed by atoms with Gasteiger partial charge in [0, 0.05) is 18.7 Å². The van der Waals surface area contributed by atoms with Crippen LogP contribution in [-0.4, -0.2) is 31.1 Å². The number of aliphatic imine (C=N–C) groups is 1. The van der Waals surface area contributed by atoms with Gasteiger partial charge in [0.15, 0.2) is 5.96 Å². The first kappa shape index (κ1) is 20.8. The Morgan fingerprint density at radius 2 is 2.00 bits per heavy atom. The zero-order chi connectivity index (χ0) is 19.0. The van der Waals surface area contributed by atoms with E-state index in [1.807, 2.05) is 39.8 Å². The molecule has 0 atom stereocenters. The van der Waals surface area contributed by atoms with Crippen molar-refractivity contribution in [2.75, 3.05) is 13.1 Å². The van der Waals surface area contributed by atoms with Crippen molar-refractivity contribution < 1.29 is 9.53 Å². The Labute approximate surface area is 151 Å². The van der Waals surface area contributed by atoms with Crippen molar-refractivity contribution >= 4 is 11.9 Å². The molecule has 0 heterocycles. The van der Waals surface area contributed by atoms with Gasteiger partial charge in [0.2, 0.25) is 5.91 Å². The average molecular weight is 348 g/mol. The SMILES string of the molecule is CCNC(=NCc1ccc(C)cc1OC(C)C)NCC(C)(C)C(N)=O. The summed E-state index contributed by atoms with van der Waals surface area (Å²) in [5.41, 5.74) is 6.94. The Morgan fingerprint density at radius 1 is 1.32 bits per heavy atom. The second kappa shape index (κ2) is 9.30. The summed E-state index contributed by atoms with van der Waals surface area (Å²) in [5, 5.41) is 6.36. The minimum absolute atomic E-state index is 0.104. The quantitative estimate of drug-likeness (QED) is 0.497. The summed E-state index contributed by atoms with van der Waals surface area (Å²) < 4.78 is 5.89. The molecule has 1 rings (SSSR count). The number of aryl methyl sites for hydroxylation is 1. The highest BCUT2D eigenvalue weighted by molar-refractivity contribution is 5.83. The van der Waals surface area contributed by atoms with Gasteiger partial charge in [-0.25, -0.2) is 4.99 Å². The van der Waals surface area contributed by atoms with E-state index in [0.29, 0.717) is 19.0 Å². The number of amides is 1. The largest absolute Gasteiger partial charge is 0.491 e. The summed E-state index contributed by atoms with van der Waals surface area (Å²) in [6, 6.07) is 6.11. The van der Waals surface area contributed by atoms with Gasteiger partial charge in [-0.1, -0.05) is 12.1 Å². The molecule has 0 aromatic heterocycles. The number of nitrogens with one attached hydrogen (secondary N) is 2. The maximum atomic E-state index is 11.5. The van der Waals surface area contributed by atoms with E-state index < -0.39 is 5.41 Å². The normalized spacial score (nSPS) is 12.2. The summed E-state index contributed by atoms with van der Waals surface area (Å²) in [7, 11) is 0. The standard InChI is InChI=1S/C19H32N4O2/c1-7-21-18(23-12-19(5,6)17(20)24)22-11-15-9-8-14(4)10-16(15)25-13(2)3/h8-10,13H,7,11-12H2,1-6H3,(H2,20,24)(H2,21,22,23). The monoisotopic (exact) mass is 348 g/mol. The van der Waals surface area contributed by atoms with Gasteiger partial charge in [0.1, 0.15) is 5.75 Å². The van der Waals surface area contributed by atoms with Crippen molar-refractivity contribution in [2.24, 2.45) is 16.1 Å². The van der Waals surface area contributed by atoms with Crippen LogP contribution in [-0.2, 0) is 11.3 Å². The molecule has 0 bridgehead atoms. The maximum Gasteiger partial charge on any atom is 0.224 e. The highest BCUT2D eigenvalue weighted by atomic mass is 16.5. The lowest BCUT2D eigenvalue weighted by Gasteiger charge is -2.22. The molecule has 0 aliphatic rings. The smallest absolute Gasteiger partial charge is 0.224 e. The maximum absolute atomic E-state index is 11.5. The molecular formula is C19H32N4O2. The highest BCUT2D eigenvalue weighted by Gasteiger charge is 2.24. The van der Waals surface area contributed by atoms with Crippen molar-refractivity contribution in [3.8, 4) is 5.75 Å². The lowest BCUT2D eigenvalue weighted by atomic mass is 9.93. The van der Waals surface area contributed by atoms with Crippen LogP contribution in [0.5, 0.6) is 5.75 Å². The second-order valence-corrected chi connectivity index (χ2v) is 7.07. The van der Waals surface area contributed by atoms with Gasteiger partial charge >= 0.3 is 0 Å². The molecule has 0 unspecified atom stereocenters. The summed E-state index contributed by atoms with van der Waals surface area (Å²) >= 11 is 0. The van der Waals surface area contributed by atoms with Crippen molar-refractivity contribution in [3.05, 3.63) is 29.3 Å². The summed E-state index contributed by atoms with van der Waals surface area (Å²) in [6.45, 7) is 13.3. The number of rotatable bonds is 8. The third-order valence-electron chi connectivity index (χ3n) is 3.70. The Balaban J connectivity index is 2.89. The lowest BCUT2D eigenvalue weighted by molar-refractivity contribution is -0.125. The van der Waals surface area contributed by atoms with Gasteiger partial charge in [-0.05, 0) is 53.2 Å². The number of hydrogen-bond acceptors (Lipinski definition) is 3. The average Bonchev–Trinajstić information content (AvgIpc) is 2.50. The molecule has 4 N–H and O–H groups in total. The minimum atomic E-state index is -0.647. The van der Waals surface area contributed by atoms with E-state index in [1.54, 1.807) is 13.8 Å². The van der Waals surface area contributed by atoms with Crippen LogP contribution in [0.2, 0.25) is 0 Å². The predicted octanol–water partition coefficient (Wildman–Crippen LogP) is 2.35. The minimum Gasteiger partial charge on any atom is -0.491 e. The van der Waals surface area contributed by atoms with Crippen LogP contribution in [0.1, 0.15) is 45.7 Å². The van der Waals surface area contributed by atoms with Crippen LogP contribution < -0.4 is 21.1 Å². The third kappa shape index (κ3) is 7.03. The first-order chi connectivity index (χ1) is 11.7. The van der Waals surface area contributed by atoms with Gasteiger partial charge in [-0.3, -0.25) is 4.79 Å². The van der Waals surface area contributed by atoms with Crippen LogP contribution in [0.15, 0.2) is 23.2 Å². The summed E-state index contributed by atoms with van der Waals surface area (Å²) in [6.07, 6.45) is 0.104. The van der Waals surface area contributed by atoms with Crippen molar-refractivity contribution in [2.45, 2.75) is 54.2 Å². The van der Waals surface area contributed by atoms with E-state index in [9.17, 15) is 4.79 Å². The number of carbonyl (C=O) groups excluding carboxylic acids is 1. The number of primary amides is 1. The van der Waals surface area contributed by atoms with Crippen molar-refractivity contribution in [1.82, 2.24) is 10.6 Å². The molecule has 0 saturated heterocycles. The molecular weight excluding hydrogens is 316 g/mol. The van der Waals surface area contributed by atoms with E-state index in [0.717, 1.165) is 23.4 Å². The number of hydrogen-bond donors (Lipinski definition) is 3. The Hall–Kier alpha value is -2.24. The predicted molar refractivity (Wildman–Crippen MR) is 103 cm³/mol.